The third kappa shape index (κ3) is 6.07. The molecule has 7 heteroatoms. The van der Waals surface area contributed by atoms with E-state index in [0.717, 1.165) is 11.1 Å². The third-order valence-electron chi connectivity index (χ3n) is 5.15. The molecule has 0 aliphatic carbocycles. The van der Waals surface area contributed by atoms with E-state index in [1.54, 1.807) is 4.90 Å². The van der Waals surface area contributed by atoms with E-state index in [9.17, 15) is 14.4 Å². The zero-order chi connectivity index (χ0) is 21.3. The van der Waals surface area contributed by atoms with Crippen LogP contribution in [-0.2, 0) is 20.9 Å². The molecular weight excluding hydrogens is 382 g/mol. The lowest BCUT2D eigenvalue weighted by Crippen LogP contribution is -2.45. The number of piperidine rings is 1. The summed E-state index contributed by atoms with van der Waals surface area (Å²) in [5, 5.41) is 5.59. The van der Waals surface area contributed by atoms with Gasteiger partial charge in [0.05, 0.1) is 5.92 Å². The zero-order valence-corrected chi connectivity index (χ0v) is 17.1. The highest BCUT2D eigenvalue weighted by Crippen LogP contribution is 2.19. The van der Waals surface area contributed by atoms with Gasteiger partial charge in [0.1, 0.15) is 0 Å². The number of hydrogen-bond donors (Lipinski definition) is 2. The summed E-state index contributed by atoms with van der Waals surface area (Å²) in [6, 6.07) is 16.7. The molecule has 1 atom stereocenters. The second kappa shape index (κ2) is 10.4. The molecule has 0 aromatic heterocycles. The van der Waals surface area contributed by atoms with Crippen LogP contribution in [0.5, 0.6) is 0 Å². The molecule has 1 fully saturated rings. The first-order valence-electron chi connectivity index (χ1n) is 10.1. The van der Waals surface area contributed by atoms with E-state index in [4.69, 9.17) is 4.74 Å². The summed E-state index contributed by atoms with van der Waals surface area (Å²) < 4.78 is 5.20. The molecule has 0 bridgehead atoms. The van der Waals surface area contributed by atoms with Crippen molar-refractivity contribution in [3.8, 4) is 0 Å². The number of urea groups is 1. The summed E-state index contributed by atoms with van der Waals surface area (Å²) >= 11 is 0. The number of likely N-dealkylation sites (tertiary alicyclic amines) is 1. The summed E-state index contributed by atoms with van der Waals surface area (Å²) in [7, 11) is 0. The molecule has 0 radical (unpaired) electrons. The minimum absolute atomic E-state index is 0.241. The lowest BCUT2D eigenvalue weighted by Gasteiger charge is -2.31. The number of esters is 1. The van der Waals surface area contributed by atoms with Crippen molar-refractivity contribution in [1.29, 1.82) is 0 Å². The fraction of sp³-hybridized carbons (Fsp3) is 0.348. The Balaban J connectivity index is 1.43. The first-order valence-corrected chi connectivity index (χ1v) is 10.1. The number of ether oxygens (including phenoxy) is 1. The number of nitrogens with zero attached hydrogens (tertiary/aromatic N) is 1. The van der Waals surface area contributed by atoms with E-state index < -0.39 is 11.9 Å². The fourth-order valence-corrected chi connectivity index (χ4v) is 3.39. The van der Waals surface area contributed by atoms with Gasteiger partial charge >= 0.3 is 12.0 Å². The van der Waals surface area contributed by atoms with Crippen LogP contribution >= 0.6 is 0 Å². The highest BCUT2D eigenvalue weighted by molar-refractivity contribution is 5.90. The Bertz CT molecular complexity index is 885. The number of amides is 3. The third-order valence-corrected chi connectivity index (χ3v) is 5.15. The molecule has 1 aliphatic heterocycles. The van der Waals surface area contributed by atoms with Crippen LogP contribution in [0.2, 0.25) is 0 Å². The van der Waals surface area contributed by atoms with Crippen molar-refractivity contribution in [3.05, 3.63) is 65.7 Å². The first kappa shape index (κ1) is 21.4. The molecule has 30 heavy (non-hydrogen) atoms. The topological polar surface area (TPSA) is 87.7 Å². The molecule has 0 saturated carbocycles. The van der Waals surface area contributed by atoms with Crippen LogP contribution in [0.15, 0.2) is 54.6 Å². The van der Waals surface area contributed by atoms with Gasteiger partial charge in [0.2, 0.25) is 0 Å². The molecule has 1 unspecified atom stereocenters. The van der Waals surface area contributed by atoms with Crippen LogP contribution in [0, 0.1) is 12.8 Å². The molecule has 1 aliphatic rings. The summed E-state index contributed by atoms with van der Waals surface area (Å²) in [6.45, 7) is 2.91. The molecule has 158 valence electrons. The summed E-state index contributed by atoms with van der Waals surface area (Å²) in [5.74, 6) is -1.22. The largest absolute Gasteiger partial charge is 0.455 e. The van der Waals surface area contributed by atoms with Crippen molar-refractivity contribution in [2.24, 2.45) is 5.92 Å². The van der Waals surface area contributed by atoms with Crippen LogP contribution in [0.3, 0.4) is 0 Å². The van der Waals surface area contributed by atoms with Crippen molar-refractivity contribution in [2.45, 2.75) is 26.3 Å². The number of aryl methyl sites for hydroxylation is 1. The first-order chi connectivity index (χ1) is 14.5. The predicted molar refractivity (Wildman–Crippen MR) is 114 cm³/mol. The van der Waals surface area contributed by atoms with Crippen molar-refractivity contribution >= 4 is 23.6 Å². The Hall–Kier alpha value is -3.35. The molecule has 1 heterocycles. The maximum Gasteiger partial charge on any atom is 0.321 e. The molecule has 0 spiro atoms. The Morgan fingerprint density at radius 1 is 1.07 bits per heavy atom. The van der Waals surface area contributed by atoms with Crippen LogP contribution in [0.4, 0.5) is 10.5 Å². The second-order valence-electron chi connectivity index (χ2n) is 7.39. The number of para-hydroxylation sites is 1. The van der Waals surface area contributed by atoms with Crippen molar-refractivity contribution in [3.63, 3.8) is 0 Å². The van der Waals surface area contributed by atoms with Crippen LogP contribution in [0.1, 0.15) is 24.0 Å². The van der Waals surface area contributed by atoms with Gasteiger partial charge in [-0.1, -0.05) is 42.5 Å². The Morgan fingerprint density at radius 2 is 1.80 bits per heavy atom. The van der Waals surface area contributed by atoms with Gasteiger partial charge in [-0.05, 0) is 43.0 Å². The number of nitrogens with one attached hydrogen (secondary N) is 2. The maximum atomic E-state index is 12.4. The number of benzene rings is 2. The Morgan fingerprint density at radius 3 is 2.57 bits per heavy atom. The number of carbonyl (C=O) groups excluding carboxylic acids is 3. The van der Waals surface area contributed by atoms with Crippen LogP contribution in [-0.4, -0.2) is 42.5 Å². The van der Waals surface area contributed by atoms with Crippen molar-refractivity contribution < 1.29 is 19.1 Å². The van der Waals surface area contributed by atoms with Crippen LogP contribution < -0.4 is 10.6 Å². The lowest BCUT2D eigenvalue weighted by molar-refractivity contribution is -0.153. The SMILES string of the molecule is Cc1ccccc1CNC(=O)COC(=O)C1CCCN(C(=O)Nc2ccccc2)C1. The molecular formula is C23H27N3O4. The van der Waals surface area contributed by atoms with Gasteiger partial charge in [-0.15, -0.1) is 0 Å². The van der Waals surface area contributed by atoms with Gasteiger partial charge in [-0.25, -0.2) is 4.79 Å². The van der Waals surface area contributed by atoms with E-state index in [2.05, 4.69) is 10.6 Å². The van der Waals surface area contributed by atoms with E-state index in [1.165, 1.54) is 0 Å². The van der Waals surface area contributed by atoms with Crippen molar-refractivity contribution in [2.75, 3.05) is 25.0 Å². The van der Waals surface area contributed by atoms with Gasteiger partial charge in [-0.3, -0.25) is 9.59 Å². The molecule has 3 rings (SSSR count). The lowest BCUT2D eigenvalue weighted by atomic mass is 9.98. The summed E-state index contributed by atoms with van der Waals surface area (Å²) in [6.07, 6.45) is 1.35. The number of carbonyl (C=O) groups is 3. The van der Waals surface area contributed by atoms with Crippen molar-refractivity contribution in [1.82, 2.24) is 10.2 Å². The number of rotatable bonds is 6. The minimum Gasteiger partial charge on any atom is -0.455 e. The van der Waals surface area contributed by atoms with Crippen LogP contribution in [0.25, 0.3) is 0 Å². The fourth-order valence-electron chi connectivity index (χ4n) is 3.39. The van der Waals surface area contributed by atoms with Gasteiger partial charge < -0.3 is 20.3 Å². The monoisotopic (exact) mass is 409 g/mol. The standard InChI is InChI=1S/C23H27N3O4/c1-17-8-5-6-9-18(17)14-24-21(27)16-30-22(28)19-10-7-13-26(15-19)23(29)25-20-11-3-2-4-12-20/h2-6,8-9,11-12,19H,7,10,13-16H2,1H3,(H,24,27)(H,25,29). The Labute approximate surface area is 176 Å². The van der Waals surface area contributed by atoms with Gasteiger partial charge in [-0.2, -0.15) is 0 Å². The van der Waals surface area contributed by atoms with E-state index in [-0.39, 0.29) is 25.1 Å². The second-order valence-corrected chi connectivity index (χ2v) is 7.39. The molecule has 7 nitrogen and oxygen atoms in total. The number of hydrogen-bond acceptors (Lipinski definition) is 4. The van der Waals surface area contributed by atoms with Gasteiger partial charge in [0.15, 0.2) is 6.61 Å². The minimum atomic E-state index is -0.446. The molecule has 2 aromatic rings. The van der Waals surface area contributed by atoms with Gasteiger partial charge in [0.25, 0.3) is 5.91 Å². The van der Waals surface area contributed by atoms with E-state index in [1.807, 2.05) is 61.5 Å². The molecule has 1 saturated heterocycles. The smallest absolute Gasteiger partial charge is 0.321 e. The predicted octanol–water partition coefficient (Wildman–Crippen LogP) is 3.10. The highest BCUT2D eigenvalue weighted by Gasteiger charge is 2.30. The Kier molecular flexibility index (Phi) is 7.43. The van der Waals surface area contributed by atoms with Gasteiger partial charge in [0, 0.05) is 25.3 Å². The molecule has 3 amide bonds. The average molecular weight is 409 g/mol. The quantitative estimate of drug-likeness (QED) is 0.718. The summed E-state index contributed by atoms with van der Waals surface area (Å²) in [5.41, 5.74) is 2.81. The van der Waals surface area contributed by atoms with E-state index >= 15 is 0 Å². The summed E-state index contributed by atoms with van der Waals surface area (Å²) in [4.78, 5) is 38.5. The normalized spacial score (nSPS) is 15.9. The number of anilines is 1. The molecule has 2 N–H and O–H groups in total. The highest BCUT2D eigenvalue weighted by atomic mass is 16.5. The average Bonchev–Trinajstić information content (AvgIpc) is 2.77. The van der Waals surface area contributed by atoms with E-state index in [0.29, 0.717) is 31.6 Å². The molecule has 2 aromatic carbocycles. The zero-order valence-electron chi connectivity index (χ0n) is 17.1. The maximum absolute atomic E-state index is 12.4.